The van der Waals surface area contributed by atoms with E-state index < -0.39 is 0 Å². The summed E-state index contributed by atoms with van der Waals surface area (Å²) in [6, 6.07) is 5.81. The van der Waals surface area contributed by atoms with E-state index >= 15 is 0 Å². The fourth-order valence-corrected chi connectivity index (χ4v) is 1.53. The molecule has 0 saturated heterocycles. The number of hydrogen-bond donors (Lipinski definition) is 2. The van der Waals surface area contributed by atoms with Gasteiger partial charge in [-0.1, -0.05) is 17.9 Å². The number of benzene rings is 1. The molecule has 0 heterocycles. The van der Waals surface area contributed by atoms with Crippen LogP contribution in [0.25, 0.3) is 0 Å². The lowest BCUT2D eigenvalue weighted by atomic mass is 10.0. The zero-order valence-electron chi connectivity index (χ0n) is 9.79. The van der Waals surface area contributed by atoms with Crippen LogP contribution in [0.3, 0.4) is 0 Å². The highest BCUT2D eigenvalue weighted by Crippen LogP contribution is 2.19. The molecule has 88 valence electrons. The molecule has 2 rings (SSSR count). The molecule has 1 aromatic rings. The number of aryl methyl sites for hydroxylation is 1. The minimum Gasteiger partial charge on any atom is -0.384 e. The van der Waals surface area contributed by atoms with Gasteiger partial charge < -0.3 is 10.4 Å². The Kier molecular flexibility index (Phi) is 3.46. The summed E-state index contributed by atoms with van der Waals surface area (Å²) < 4.78 is 0. The van der Waals surface area contributed by atoms with Gasteiger partial charge in [-0.3, -0.25) is 4.79 Å². The zero-order valence-corrected chi connectivity index (χ0v) is 9.79. The molecule has 3 nitrogen and oxygen atoms in total. The van der Waals surface area contributed by atoms with Gasteiger partial charge in [-0.05, 0) is 37.5 Å². The highest BCUT2D eigenvalue weighted by molar-refractivity contribution is 5.95. The molecule has 1 amide bonds. The average Bonchev–Trinajstić information content (AvgIpc) is 3.11. The van der Waals surface area contributed by atoms with Crippen molar-refractivity contribution in [2.24, 2.45) is 0 Å². The molecule has 1 aliphatic carbocycles. The van der Waals surface area contributed by atoms with Crippen molar-refractivity contribution >= 4 is 5.91 Å². The first-order chi connectivity index (χ1) is 8.20. The molecule has 0 radical (unpaired) electrons. The minimum absolute atomic E-state index is 0.0421. The van der Waals surface area contributed by atoms with Crippen LogP contribution < -0.4 is 5.32 Å². The van der Waals surface area contributed by atoms with Crippen LogP contribution in [0.1, 0.15) is 34.3 Å². The molecule has 0 atom stereocenters. The smallest absolute Gasteiger partial charge is 0.251 e. The first-order valence-corrected chi connectivity index (χ1v) is 5.72. The summed E-state index contributed by atoms with van der Waals surface area (Å²) in [5.74, 6) is 5.40. The zero-order chi connectivity index (χ0) is 12.3. The van der Waals surface area contributed by atoms with E-state index in [0.717, 1.165) is 24.0 Å². The van der Waals surface area contributed by atoms with E-state index in [1.54, 1.807) is 12.1 Å². The Hall–Kier alpha value is -1.79. The number of aliphatic hydroxyl groups is 1. The number of hydrogen-bond acceptors (Lipinski definition) is 2. The van der Waals surface area contributed by atoms with Gasteiger partial charge in [0, 0.05) is 17.2 Å². The fourth-order valence-electron chi connectivity index (χ4n) is 1.53. The number of amides is 1. The molecule has 0 bridgehead atoms. The van der Waals surface area contributed by atoms with Crippen LogP contribution in [0.4, 0.5) is 0 Å². The minimum atomic E-state index is -0.169. The Morgan fingerprint density at radius 2 is 2.29 bits per heavy atom. The first kappa shape index (κ1) is 11.7. The maximum absolute atomic E-state index is 11.8. The predicted molar refractivity (Wildman–Crippen MR) is 65.6 cm³/mol. The van der Waals surface area contributed by atoms with Crippen molar-refractivity contribution in [2.45, 2.75) is 25.8 Å². The van der Waals surface area contributed by atoms with Crippen molar-refractivity contribution in [3.8, 4) is 11.8 Å². The standard InChI is InChI=1S/C14H15NO2/c1-10-4-5-12(9-11(10)3-2-8-16)14(17)15-13-6-7-13/h4-5,9,13,16H,6-8H2,1H3,(H,15,17). The molecule has 0 unspecified atom stereocenters. The Balaban J connectivity index is 2.19. The van der Waals surface area contributed by atoms with Gasteiger partial charge in [-0.2, -0.15) is 0 Å². The summed E-state index contributed by atoms with van der Waals surface area (Å²) in [5.41, 5.74) is 2.43. The van der Waals surface area contributed by atoms with Crippen LogP contribution in [0, 0.1) is 18.8 Å². The lowest BCUT2D eigenvalue weighted by Gasteiger charge is -2.05. The van der Waals surface area contributed by atoms with Crippen LogP contribution in [0.15, 0.2) is 18.2 Å². The van der Waals surface area contributed by atoms with E-state index in [-0.39, 0.29) is 12.5 Å². The van der Waals surface area contributed by atoms with Crippen LogP contribution in [-0.4, -0.2) is 23.7 Å². The third-order valence-corrected chi connectivity index (χ3v) is 2.71. The van der Waals surface area contributed by atoms with Crippen molar-refractivity contribution in [2.75, 3.05) is 6.61 Å². The Morgan fingerprint density at radius 1 is 1.53 bits per heavy atom. The van der Waals surface area contributed by atoms with Gasteiger partial charge >= 0.3 is 0 Å². The molecule has 1 fully saturated rings. The number of rotatable bonds is 2. The molecule has 3 heteroatoms. The van der Waals surface area contributed by atoms with Gasteiger partial charge in [0.25, 0.3) is 5.91 Å². The van der Waals surface area contributed by atoms with E-state index in [1.807, 2.05) is 13.0 Å². The molecule has 0 aliphatic heterocycles. The van der Waals surface area contributed by atoms with Crippen LogP contribution in [0.5, 0.6) is 0 Å². The first-order valence-electron chi connectivity index (χ1n) is 5.72. The van der Waals surface area contributed by atoms with Gasteiger partial charge in [0.2, 0.25) is 0 Å². The van der Waals surface area contributed by atoms with Gasteiger partial charge in [0.05, 0.1) is 0 Å². The monoisotopic (exact) mass is 229 g/mol. The topological polar surface area (TPSA) is 49.3 Å². The number of nitrogens with one attached hydrogen (secondary N) is 1. The molecular formula is C14H15NO2. The summed E-state index contributed by atoms with van der Waals surface area (Å²) in [7, 11) is 0. The SMILES string of the molecule is Cc1ccc(C(=O)NC2CC2)cc1C#CCO. The molecule has 0 spiro atoms. The quantitative estimate of drug-likeness (QED) is 0.749. The van der Waals surface area contributed by atoms with E-state index in [4.69, 9.17) is 5.11 Å². The van der Waals surface area contributed by atoms with Gasteiger partial charge in [-0.25, -0.2) is 0 Å². The van der Waals surface area contributed by atoms with E-state index in [2.05, 4.69) is 17.2 Å². The second kappa shape index (κ2) is 5.03. The Bertz CT molecular complexity index is 493. The second-order valence-electron chi connectivity index (χ2n) is 4.24. The fraction of sp³-hybridized carbons (Fsp3) is 0.357. The third kappa shape index (κ3) is 3.08. The lowest BCUT2D eigenvalue weighted by molar-refractivity contribution is 0.0951. The summed E-state index contributed by atoms with van der Waals surface area (Å²) >= 11 is 0. The predicted octanol–water partition coefficient (Wildman–Crippen LogP) is 1.23. The number of aliphatic hydroxyl groups excluding tert-OH is 1. The average molecular weight is 229 g/mol. The van der Waals surface area contributed by atoms with Gasteiger partial charge in [-0.15, -0.1) is 0 Å². The summed E-state index contributed by atoms with van der Waals surface area (Å²) in [6.07, 6.45) is 2.16. The van der Waals surface area contributed by atoms with Crippen molar-refractivity contribution in [1.29, 1.82) is 0 Å². The Morgan fingerprint density at radius 3 is 2.94 bits per heavy atom. The highest BCUT2D eigenvalue weighted by Gasteiger charge is 2.23. The molecule has 17 heavy (non-hydrogen) atoms. The van der Waals surface area contributed by atoms with Crippen LogP contribution in [-0.2, 0) is 0 Å². The lowest BCUT2D eigenvalue weighted by Crippen LogP contribution is -2.25. The molecule has 1 saturated carbocycles. The van der Waals surface area contributed by atoms with Crippen molar-refractivity contribution < 1.29 is 9.90 Å². The maximum atomic E-state index is 11.8. The van der Waals surface area contributed by atoms with Crippen molar-refractivity contribution in [3.05, 3.63) is 34.9 Å². The van der Waals surface area contributed by atoms with Crippen LogP contribution in [0.2, 0.25) is 0 Å². The maximum Gasteiger partial charge on any atom is 0.251 e. The Labute approximate surface area is 101 Å². The van der Waals surface area contributed by atoms with Crippen molar-refractivity contribution in [1.82, 2.24) is 5.32 Å². The van der Waals surface area contributed by atoms with Gasteiger partial charge in [0.15, 0.2) is 0 Å². The normalized spacial score (nSPS) is 13.8. The molecular weight excluding hydrogens is 214 g/mol. The summed E-state index contributed by atoms with van der Waals surface area (Å²) in [6.45, 7) is 1.77. The summed E-state index contributed by atoms with van der Waals surface area (Å²) in [5, 5.41) is 11.6. The molecule has 0 aromatic heterocycles. The molecule has 1 aliphatic rings. The van der Waals surface area contributed by atoms with E-state index in [1.165, 1.54) is 0 Å². The van der Waals surface area contributed by atoms with Crippen molar-refractivity contribution in [3.63, 3.8) is 0 Å². The second-order valence-corrected chi connectivity index (χ2v) is 4.24. The molecule has 1 aromatic carbocycles. The largest absolute Gasteiger partial charge is 0.384 e. The summed E-state index contributed by atoms with van der Waals surface area (Å²) in [4.78, 5) is 11.8. The molecule has 2 N–H and O–H groups in total. The number of carbonyl (C=O) groups excluding carboxylic acids is 1. The highest BCUT2D eigenvalue weighted by atomic mass is 16.2. The van der Waals surface area contributed by atoms with Crippen LogP contribution >= 0.6 is 0 Å². The van der Waals surface area contributed by atoms with E-state index in [0.29, 0.717) is 11.6 Å². The number of carbonyl (C=O) groups is 1. The van der Waals surface area contributed by atoms with Gasteiger partial charge in [0.1, 0.15) is 6.61 Å². The third-order valence-electron chi connectivity index (χ3n) is 2.71. The van der Waals surface area contributed by atoms with E-state index in [9.17, 15) is 4.79 Å².